The number of anilines is 2. The Hall–Kier alpha value is -6.49. The molecule has 2 aromatic carbocycles. The van der Waals surface area contributed by atoms with E-state index in [4.69, 9.17) is 72.5 Å². The van der Waals surface area contributed by atoms with Crippen molar-refractivity contribution in [2.45, 2.75) is 57.5 Å². The number of carboxylic acid groups (broad SMARTS) is 1. The highest BCUT2D eigenvalue weighted by molar-refractivity contribution is 6.36. The summed E-state index contributed by atoms with van der Waals surface area (Å²) in [5.74, 6) is -0.165. The van der Waals surface area contributed by atoms with E-state index in [-0.39, 0.29) is 24.1 Å². The first-order chi connectivity index (χ1) is 35.7. The fourth-order valence-electron chi connectivity index (χ4n) is 8.12. The summed E-state index contributed by atoms with van der Waals surface area (Å²) in [6, 6.07) is 14.8. The molecule has 25 heteroatoms. The molecule has 0 spiro atoms. The summed E-state index contributed by atoms with van der Waals surface area (Å²) in [6.07, 6.45) is 4.60. The lowest BCUT2D eigenvalue weighted by Gasteiger charge is -2.24. The van der Waals surface area contributed by atoms with Crippen molar-refractivity contribution in [3.63, 3.8) is 0 Å². The van der Waals surface area contributed by atoms with Gasteiger partial charge in [-0.05, 0) is 97.2 Å². The molecule has 4 aromatic heterocycles. The van der Waals surface area contributed by atoms with Crippen LogP contribution in [0.15, 0.2) is 85.5 Å². The van der Waals surface area contributed by atoms with Gasteiger partial charge in [0.2, 0.25) is 12.2 Å². The first-order valence-electron chi connectivity index (χ1n) is 23.5. The lowest BCUT2D eigenvalue weighted by molar-refractivity contribution is -0.156. The molecule has 0 saturated carbocycles. The topological polar surface area (TPSA) is 224 Å². The van der Waals surface area contributed by atoms with Crippen molar-refractivity contribution >= 4 is 104 Å². The molecule has 408 valence electrons. The summed E-state index contributed by atoms with van der Waals surface area (Å²) < 4.78 is 40.7. The summed E-state index contributed by atoms with van der Waals surface area (Å²) in [5, 5.41) is 11.8. The van der Waals surface area contributed by atoms with Gasteiger partial charge < -0.3 is 50.0 Å². The molecule has 2 saturated heterocycles. The third-order valence-electron chi connectivity index (χ3n) is 11.4. The van der Waals surface area contributed by atoms with Gasteiger partial charge in [-0.15, -0.1) is 0 Å². The van der Waals surface area contributed by atoms with E-state index in [1.54, 1.807) is 29.2 Å². The third kappa shape index (κ3) is 16.3. The molecule has 6 aromatic rings. The third-order valence-corrected chi connectivity index (χ3v) is 12.6. The number of likely N-dealkylation sites (tertiary alicyclic amines) is 2. The quantitative estimate of drug-likeness (QED) is 0.0858. The summed E-state index contributed by atoms with van der Waals surface area (Å²) in [7, 11) is 7.69. The normalized spacial score (nSPS) is 15.7. The summed E-state index contributed by atoms with van der Waals surface area (Å²) in [4.78, 5) is 68.4. The van der Waals surface area contributed by atoms with Crippen LogP contribution in [0, 0.1) is 0 Å². The molecule has 2 aliphatic heterocycles. The van der Waals surface area contributed by atoms with Crippen LogP contribution in [0.4, 0.5) is 29.6 Å². The lowest BCUT2D eigenvalue weighted by Crippen LogP contribution is -2.35. The molecule has 18 nitrogen and oxygen atoms in total. The maximum atomic E-state index is 12.6. The van der Waals surface area contributed by atoms with E-state index in [0.717, 1.165) is 47.7 Å². The van der Waals surface area contributed by atoms with Crippen molar-refractivity contribution in [1.82, 2.24) is 48.7 Å². The second kappa shape index (κ2) is 26.5. The summed E-state index contributed by atoms with van der Waals surface area (Å²) >= 11 is 25.9. The van der Waals surface area contributed by atoms with E-state index in [1.165, 1.54) is 12.7 Å². The molecular formula is C51H59Cl4F3N12O6. The van der Waals surface area contributed by atoms with Crippen LogP contribution in [0.2, 0.25) is 20.4 Å². The molecular weight excluding hydrogens is 1080 g/mol. The SMILES string of the molecule is CC(C)(C)OC(=O)N1CC[C@@H](n2c(Cl)c(-c3ccc(Cl)cc3)c3c(N)ncnc32)C1.CN(C)C/C=C/C(=O)N1CC[C@@H](n2c(Cl)c(-c3ccc(Cl)cc3)c3c(N)ncnc32)C1.CN(C)C/C=C/C(=O)O.O=CC(F)(F)F. The molecule has 0 aliphatic carbocycles. The van der Waals surface area contributed by atoms with Crippen molar-refractivity contribution in [2.24, 2.45) is 0 Å². The van der Waals surface area contributed by atoms with Gasteiger partial charge in [0.05, 0.1) is 22.9 Å². The number of nitrogens with two attached hydrogens (primary N) is 2. The number of aromatic nitrogens is 6. The molecule has 0 radical (unpaired) electrons. The predicted octanol–water partition coefficient (Wildman–Crippen LogP) is 9.98. The fourth-order valence-corrected chi connectivity index (χ4v) is 9.21. The number of benzene rings is 2. The van der Waals surface area contributed by atoms with Gasteiger partial charge in [-0.25, -0.2) is 29.5 Å². The Morgan fingerprint density at radius 2 is 1.09 bits per heavy atom. The monoisotopic (exact) mass is 1130 g/mol. The number of ether oxygens (including phenoxy) is 1. The van der Waals surface area contributed by atoms with Gasteiger partial charge in [-0.3, -0.25) is 9.59 Å². The van der Waals surface area contributed by atoms with Gasteiger partial charge in [-0.1, -0.05) is 82.8 Å². The van der Waals surface area contributed by atoms with Gasteiger partial charge in [0, 0.05) is 72.6 Å². The highest BCUT2D eigenvalue weighted by Gasteiger charge is 2.35. The number of nitrogen functional groups attached to an aromatic ring is 2. The first kappa shape index (κ1) is 60.4. The second-order valence-corrected chi connectivity index (χ2v) is 20.5. The number of aliphatic carboxylic acids is 1. The lowest BCUT2D eigenvalue weighted by atomic mass is 10.1. The predicted molar refractivity (Wildman–Crippen MR) is 292 cm³/mol. The average molecular weight is 1130 g/mol. The van der Waals surface area contributed by atoms with Crippen LogP contribution >= 0.6 is 46.4 Å². The van der Waals surface area contributed by atoms with Gasteiger partial charge in [0.15, 0.2) is 0 Å². The van der Waals surface area contributed by atoms with E-state index in [1.807, 2.05) is 115 Å². The van der Waals surface area contributed by atoms with Crippen LogP contribution in [0.3, 0.4) is 0 Å². The standard InChI is InChI=1S/C22H24Cl2N6O.C21H23Cl2N5O2.C6H11NO2.C2HF3O/c1-28(2)10-3-4-17(31)29-11-9-16(12-29)30-20(24)18(14-5-7-15(23)8-6-14)19-21(25)26-13-27-22(19)30;1-21(2,3)30-20(29)27-9-8-14(10-27)28-17(23)15(12-4-6-13(22)7-5-12)16-18(24)25-11-26-19(16)28;1-7(2)5-3-4-6(8)9;3-2(4,5)1-6/h3-8,13,16H,9-12H2,1-2H3,(H2,25,26,27);4-7,11,14H,8-10H2,1-3H3,(H2,24,25,26);3-4H,5H2,1-2H3,(H,8,9);1H/b4-3+;;4-3+;/t16-;14-;;/m11../s1. The van der Waals surface area contributed by atoms with Gasteiger partial charge in [0.1, 0.15) is 51.5 Å². The second-order valence-electron chi connectivity index (χ2n) is 18.9. The Bertz CT molecular complexity index is 3050. The van der Waals surface area contributed by atoms with Crippen molar-refractivity contribution in [3.05, 3.63) is 106 Å². The van der Waals surface area contributed by atoms with E-state index >= 15 is 0 Å². The van der Waals surface area contributed by atoms with E-state index in [2.05, 4.69) is 19.9 Å². The van der Waals surface area contributed by atoms with Crippen LogP contribution in [0.5, 0.6) is 0 Å². The van der Waals surface area contributed by atoms with Crippen molar-refractivity contribution in [1.29, 1.82) is 0 Å². The van der Waals surface area contributed by atoms with Gasteiger partial charge in [0.25, 0.3) is 0 Å². The highest BCUT2D eigenvalue weighted by atomic mass is 35.5. The number of carbonyl (C=O) groups excluding carboxylic acids is 3. The average Bonchev–Trinajstić information content (AvgIpc) is 4.14. The Morgan fingerprint density at radius 3 is 1.47 bits per heavy atom. The molecule has 2 atom stereocenters. The van der Waals surface area contributed by atoms with E-state index in [0.29, 0.717) is 86.8 Å². The molecule has 0 unspecified atom stereocenters. The van der Waals surface area contributed by atoms with Crippen molar-refractivity contribution in [3.8, 4) is 22.3 Å². The smallest absolute Gasteiger partial charge is 0.446 e. The Balaban J connectivity index is 0.000000222. The minimum absolute atomic E-state index is 0.00320. The van der Waals surface area contributed by atoms with E-state index in [9.17, 15) is 27.6 Å². The van der Waals surface area contributed by atoms with Crippen LogP contribution in [0.25, 0.3) is 44.3 Å². The largest absolute Gasteiger partial charge is 0.478 e. The van der Waals surface area contributed by atoms with Crippen molar-refractivity contribution in [2.75, 3.05) is 78.9 Å². The zero-order chi connectivity index (χ0) is 56.2. The number of amides is 2. The Morgan fingerprint density at radius 1 is 0.697 bits per heavy atom. The minimum Gasteiger partial charge on any atom is -0.478 e. The van der Waals surface area contributed by atoms with Gasteiger partial charge in [-0.2, -0.15) is 13.2 Å². The Kier molecular flexibility index (Phi) is 21.1. The molecule has 5 N–H and O–H groups in total. The maximum Gasteiger partial charge on any atom is 0.446 e. The van der Waals surface area contributed by atoms with Crippen molar-refractivity contribution < 1.29 is 42.2 Å². The van der Waals surface area contributed by atoms with Crippen LogP contribution in [-0.4, -0.2) is 157 Å². The molecule has 2 fully saturated rings. The number of aldehydes is 1. The van der Waals surface area contributed by atoms with Crippen LogP contribution < -0.4 is 11.5 Å². The molecule has 2 amide bonds. The number of alkyl halides is 3. The number of carbonyl (C=O) groups is 4. The van der Waals surface area contributed by atoms with E-state index < -0.39 is 24.0 Å². The summed E-state index contributed by atoms with van der Waals surface area (Å²) in [5.41, 5.74) is 16.5. The molecule has 76 heavy (non-hydrogen) atoms. The number of nitrogens with zero attached hydrogens (tertiary/aromatic N) is 10. The zero-order valence-electron chi connectivity index (χ0n) is 42.7. The number of likely N-dealkylation sites (N-methyl/N-ethyl adjacent to an activating group) is 2. The van der Waals surface area contributed by atoms with Gasteiger partial charge >= 0.3 is 18.2 Å². The number of halogens is 7. The van der Waals surface area contributed by atoms with Crippen LogP contribution in [0.1, 0.15) is 45.7 Å². The number of rotatable bonds is 10. The Labute approximate surface area is 457 Å². The van der Waals surface area contributed by atoms with Crippen LogP contribution in [-0.2, 0) is 19.1 Å². The molecule has 0 bridgehead atoms. The highest BCUT2D eigenvalue weighted by Crippen LogP contribution is 2.44. The summed E-state index contributed by atoms with van der Waals surface area (Å²) in [6.45, 7) is 9.21. The maximum absolute atomic E-state index is 12.6. The number of fused-ring (bicyclic) bond motifs is 2. The molecule has 6 heterocycles. The number of hydrogen-bond acceptors (Lipinski definition) is 13. The fraction of sp³-hybridized carbons (Fsp3) is 0.373. The number of hydrogen-bond donors (Lipinski definition) is 3. The number of carboxylic acids is 1. The minimum atomic E-state index is -4.64. The zero-order valence-corrected chi connectivity index (χ0v) is 45.8. The molecule has 8 rings (SSSR count). The first-order valence-corrected chi connectivity index (χ1v) is 25.0. The molecule has 2 aliphatic rings.